The Morgan fingerprint density at radius 2 is 1.61 bits per heavy atom. The van der Waals surface area contributed by atoms with Crippen LogP contribution < -0.4 is 14.8 Å². The topological polar surface area (TPSA) is 46.3 Å². The number of para-hydroxylation sites is 1. The maximum Gasteiger partial charge on any atom is 0.127 e. The van der Waals surface area contributed by atoms with Crippen LogP contribution >= 0.6 is 0 Å². The van der Waals surface area contributed by atoms with Crippen LogP contribution in [-0.4, -0.2) is 18.6 Å². The summed E-state index contributed by atoms with van der Waals surface area (Å²) in [5.74, 6) is 2.58. The maximum absolute atomic E-state index is 5.92. The van der Waals surface area contributed by atoms with E-state index in [1.165, 1.54) is 22.2 Å². The second kappa shape index (κ2) is 7.06. The van der Waals surface area contributed by atoms with Crippen molar-refractivity contribution in [1.82, 2.24) is 10.3 Å². The summed E-state index contributed by atoms with van der Waals surface area (Å²) in [7, 11) is 1.71. The SMILES string of the molecule is COc1ccc2[nH]c3c(c2c1)CCNC3c1ccc(Oc2ccccc2)cc1. The molecule has 1 atom stereocenters. The summed E-state index contributed by atoms with van der Waals surface area (Å²) in [5.41, 5.74) is 5.00. The second-order valence-electron chi connectivity index (χ2n) is 7.05. The minimum absolute atomic E-state index is 0.146. The first-order chi connectivity index (χ1) is 13.8. The average Bonchev–Trinajstić information content (AvgIpc) is 3.13. The molecule has 1 unspecified atom stereocenters. The molecule has 0 saturated heterocycles. The lowest BCUT2D eigenvalue weighted by Gasteiger charge is -2.25. The number of benzene rings is 3. The van der Waals surface area contributed by atoms with Crippen molar-refractivity contribution in [1.29, 1.82) is 0 Å². The molecule has 1 aliphatic heterocycles. The third-order valence-corrected chi connectivity index (χ3v) is 5.35. The molecular weight excluding hydrogens is 348 g/mol. The minimum Gasteiger partial charge on any atom is -0.497 e. The van der Waals surface area contributed by atoms with Crippen molar-refractivity contribution < 1.29 is 9.47 Å². The summed E-state index contributed by atoms with van der Waals surface area (Å²) in [5, 5.41) is 4.90. The number of rotatable bonds is 4. The molecule has 140 valence electrons. The predicted octanol–water partition coefficient (Wildman–Crippen LogP) is 5.20. The number of hydrogen-bond acceptors (Lipinski definition) is 3. The third-order valence-electron chi connectivity index (χ3n) is 5.35. The first kappa shape index (κ1) is 16.9. The Balaban J connectivity index is 1.46. The summed E-state index contributed by atoms with van der Waals surface area (Å²) in [6.45, 7) is 0.949. The lowest BCUT2D eigenvalue weighted by atomic mass is 9.94. The minimum atomic E-state index is 0.146. The van der Waals surface area contributed by atoms with E-state index in [4.69, 9.17) is 9.47 Å². The van der Waals surface area contributed by atoms with Gasteiger partial charge in [-0.25, -0.2) is 0 Å². The number of nitrogens with one attached hydrogen (secondary N) is 2. The molecule has 0 fully saturated rings. The molecule has 28 heavy (non-hydrogen) atoms. The third kappa shape index (κ3) is 3.02. The Morgan fingerprint density at radius 1 is 0.857 bits per heavy atom. The van der Waals surface area contributed by atoms with E-state index in [0.29, 0.717) is 0 Å². The van der Waals surface area contributed by atoms with Crippen LogP contribution in [0.5, 0.6) is 17.2 Å². The van der Waals surface area contributed by atoms with E-state index in [1.807, 2.05) is 48.5 Å². The summed E-state index contributed by atoms with van der Waals surface area (Å²) >= 11 is 0. The molecule has 0 saturated carbocycles. The predicted molar refractivity (Wildman–Crippen MR) is 111 cm³/mol. The number of hydrogen-bond donors (Lipinski definition) is 2. The molecule has 5 rings (SSSR count). The number of H-pyrrole nitrogens is 1. The monoisotopic (exact) mass is 370 g/mol. The molecule has 0 radical (unpaired) electrons. The van der Waals surface area contributed by atoms with Gasteiger partial charge in [-0.1, -0.05) is 30.3 Å². The van der Waals surface area contributed by atoms with Crippen molar-refractivity contribution in [2.75, 3.05) is 13.7 Å². The highest BCUT2D eigenvalue weighted by molar-refractivity contribution is 5.86. The zero-order valence-electron chi connectivity index (χ0n) is 15.7. The van der Waals surface area contributed by atoms with E-state index in [1.54, 1.807) is 7.11 Å². The van der Waals surface area contributed by atoms with Crippen LogP contribution in [-0.2, 0) is 6.42 Å². The fourth-order valence-corrected chi connectivity index (χ4v) is 3.97. The standard InChI is InChI=1S/C24H22N2O2/c1-27-19-11-12-22-21(15-19)20-13-14-25-23(24(20)26-22)16-7-9-18(10-8-16)28-17-5-3-2-4-6-17/h2-12,15,23,25-26H,13-14H2,1H3. The maximum atomic E-state index is 5.92. The smallest absolute Gasteiger partial charge is 0.127 e. The number of fused-ring (bicyclic) bond motifs is 3. The summed E-state index contributed by atoms with van der Waals surface area (Å²) in [6, 6.07) is 24.6. The molecule has 2 N–H and O–H groups in total. The number of ether oxygens (including phenoxy) is 2. The van der Waals surface area contributed by atoms with Crippen LogP contribution in [0.2, 0.25) is 0 Å². The van der Waals surface area contributed by atoms with Crippen LogP contribution in [0, 0.1) is 0 Å². The van der Waals surface area contributed by atoms with Gasteiger partial charge < -0.3 is 19.8 Å². The van der Waals surface area contributed by atoms with Gasteiger partial charge in [0.15, 0.2) is 0 Å². The lowest BCUT2D eigenvalue weighted by molar-refractivity contribution is 0.415. The van der Waals surface area contributed by atoms with Crippen molar-refractivity contribution in [3.05, 3.63) is 89.6 Å². The van der Waals surface area contributed by atoms with E-state index in [2.05, 4.69) is 34.6 Å². The Labute approximate surface area is 164 Å². The highest BCUT2D eigenvalue weighted by Crippen LogP contribution is 2.35. The van der Waals surface area contributed by atoms with Gasteiger partial charge in [0.2, 0.25) is 0 Å². The summed E-state index contributed by atoms with van der Waals surface area (Å²) < 4.78 is 11.3. The van der Waals surface area contributed by atoms with E-state index in [-0.39, 0.29) is 6.04 Å². The van der Waals surface area contributed by atoms with Crippen LogP contribution in [0.15, 0.2) is 72.8 Å². The van der Waals surface area contributed by atoms with E-state index >= 15 is 0 Å². The van der Waals surface area contributed by atoms with Gasteiger partial charge in [-0.2, -0.15) is 0 Å². The zero-order chi connectivity index (χ0) is 18.9. The Kier molecular flexibility index (Phi) is 4.26. The van der Waals surface area contributed by atoms with Gasteiger partial charge >= 0.3 is 0 Å². The quantitative estimate of drug-likeness (QED) is 0.519. The summed E-state index contributed by atoms with van der Waals surface area (Å²) in [4.78, 5) is 3.62. The van der Waals surface area contributed by atoms with Crippen molar-refractivity contribution in [2.24, 2.45) is 0 Å². The van der Waals surface area contributed by atoms with Gasteiger partial charge in [-0.05, 0) is 60.0 Å². The fraction of sp³-hybridized carbons (Fsp3) is 0.167. The molecule has 0 aliphatic carbocycles. The van der Waals surface area contributed by atoms with Crippen LogP contribution in [0.25, 0.3) is 10.9 Å². The molecular formula is C24H22N2O2. The molecule has 1 aromatic heterocycles. The first-order valence-corrected chi connectivity index (χ1v) is 9.56. The van der Waals surface area contributed by atoms with Crippen molar-refractivity contribution >= 4 is 10.9 Å². The largest absolute Gasteiger partial charge is 0.497 e. The van der Waals surface area contributed by atoms with Gasteiger partial charge in [0, 0.05) is 23.1 Å². The molecule has 0 bridgehead atoms. The van der Waals surface area contributed by atoms with Gasteiger partial charge in [0.05, 0.1) is 13.2 Å². The Bertz CT molecular complexity index is 1100. The van der Waals surface area contributed by atoms with E-state index in [9.17, 15) is 0 Å². The number of aromatic amines is 1. The van der Waals surface area contributed by atoms with Crippen molar-refractivity contribution in [3.8, 4) is 17.2 Å². The fourth-order valence-electron chi connectivity index (χ4n) is 3.97. The molecule has 4 heteroatoms. The highest BCUT2D eigenvalue weighted by Gasteiger charge is 2.25. The zero-order valence-corrected chi connectivity index (χ0v) is 15.7. The number of aromatic nitrogens is 1. The molecule has 3 aromatic carbocycles. The molecule has 1 aliphatic rings. The molecule has 2 heterocycles. The lowest BCUT2D eigenvalue weighted by Crippen LogP contribution is -2.30. The Morgan fingerprint density at radius 3 is 2.39 bits per heavy atom. The van der Waals surface area contributed by atoms with Crippen LogP contribution in [0.3, 0.4) is 0 Å². The van der Waals surface area contributed by atoms with Gasteiger partial charge in [0.1, 0.15) is 17.2 Å². The number of methoxy groups -OCH3 is 1. The van der Waals surface area contributed by atoms with Gasteiger partial charge in [-0.15, -0.1) is 0 Å². The Hall–Kier alpha value is -3.24. The molecule has 0 spiro atoms. The first-order valence-electron chi connectivity index (χ1n) is 9.56. The van der Waals surface area contributed by atoms with Crippen molar-refractivity contribution in [3.63, 3.8) is 0 Å². The normalized spacial score (nSPS) is 16.0. The van der Waals surface area contributed by atoms with Crippen LogP contribution in [0.1, 0.15) is 22.9 Å². The summed E-state index contributed by atoms with van der Waals surface area (Å²) in [6.07, 6.45) is 1.01. The molecule has 0 amide bonds. The van der Waals surface area contributed by atoms with Gasteiger partial charge in [-0.3, -0.25) is 0 Å². The highest BCUT2D eigenvalue weighted by atomic mass is 16.5. The second-order valence-corrected chi connectivity index (χ2v) is 7.05. The van der Waals surface area contributed by atoms with Crippen molar-refractivity contribution in [2.45, 2.75) is 12.5 Å². The molecule has 4 nitrogen and oxygen atoms in total. The molecule has 4 aromatic rings. The van der Waals surface area contributed by atoms with Crippen LogP contribution in [0.4, 0.5) is 0 Å². The van der Waals surface area contributed by atoms with E-state index < -0.39 is 0 Å². The van der Waals surface area contributed by atoms with Gasteiger partial charge in [0.25, 0.3) is 0 Å². The average molecular weight is 370 g/mol. The van der Waals surface area contributed by atoms with E-state index in [0.717, 1.165) is 35.7 Å².